The molecule has 150 valence electrons. The number of para-hydroxylation sites is 1. The Bertz CT molecular complexity index is 1160. The molecule has 0 saturated heterocycles. The van der Waals surface area contributed by atoms with Crippen molar-refractivity contribution in [3.8, 4) is 5.69 Å². The van der Waals surface area contributed by atoms with Crippen molar-refractivity contribution in [2.75, 3.05) is 5.32 Å². The van der Waals surface area contributed by atoms with Crippen LogP contribution in [-0.2, 0) is 6.18 Å². The molecule has 0 spiro atoms. The van der Waals surface area contributed by atoms with Gasteiger partial charge in [0.2, 0.25) is 5.43 Å². The Morgan fingerprint density at radius 3 is 2.45 bits per heavy atom. The molecule has 0 aliphatic carbocycles. The van der Waals surface area contributed by atoms with Gasteiger partial charge in [0.25, 0.3) is 5.91 Å². The molecule has 1 amide bonds. The van der Waals surface area contributed by atoms with Gasteiger partial charge in [-0.15, -0.1) is 0 Å². The number of anilines is 1. The number of carbonyl (C=O) groups excluding carboxylic acids is 1. The first-order chi connectivity index (χ1) is 13.6. The predicted octanol–water partition coefficient (Wildman–Crippen LogP) is 4.77. The van der Waals surface area contributed by atoms with Gasteiger partial charge in [-0.25, -0.2) is 4.68 Å². The average molecular weight is 422 g/mol. The van der Waals surface area contributed by atoms with Crippen LogP contribution < -0.4 is 10.7 Å². The molecule has 0 bridgehead atoms. The van der Waals surface area contributed by atoms with Crippen molar-refractivity contribution < 1.29 is 18.0 Å². The van der Waals surface area contributed by atoms with Gasteiger partial charge in [0.05, 0.1) is 16.3 Å². The number of aromatic nitrogens is 2. The van der Waals surface area contributed by atoms with Gasteiger partial charge in [0.15, 0.2) is 5.69 Å². The summed E-state index contributed by atoms with van der Waals surface area (Å²) in [6.07, 6.45) is -4.57. The fourth-order valence-corrected chi connectivity index (χ4v) is 2.98. The first-order valence-electron chi connectivity index (χ1n) is 8.43. The van der Waals surface area contributed by atoms with Gasteiger partial charge in [0, 0.05) is 17.4 Å². The molecule has 3 rings (SSSR count). The SMILES string of the molecule is Cc1ccc(NC(=O)c2nn(-c3ccccc3Cl)c(C)cc2=O)cc1C(F)(F)F. The molecule has 1 N–H and O–H groups in total. The zero-order valence-corrected chi connectivity index (χ0v) is 16.1. The molecule has 0 fully saturated rings. The van der Waals surface area contributed by atoms with Crippen molar-refractivity contribution in [2.45, 2.75) is 20.0 Å². The third-order valence-electron chi connectivity index (χ3n) is 4.20. The smallest absolute Gasteiger partial charge is 0.320 e. The largest absolute Gasteiger partial charge is 0.416 e. The summed E-state index contributed by atoms with van der Waals surface area (Å²) in [7, 11) is 0. The lowest BCUT2D eigenvalue weighted by atomic mass is 10.1. The van der Waals surface area contributed by atoms with E-state index in [2.05, 4.69) is 10.4 Å². The van der Waals surface area contributed by atoms with E-state index >= 15 is 0 Å². The Labute approximate surface area is 168 Å². The summed E-state index contributed by atoms with van der Waals surface area (Å²) < 4.78 is 40.6. The van der Waals surface area contributed by atoms with Crippen LogP contribution in [0.25, 0.3) is 5.69 Å². The van der Waals surface area contributed by atoms with Crippen molar-refractivity contribution in [1.29, 1.82) is 0 Å². The third kappa shape index (κ3) is 4.32. The van der Waals surface area contributed by atoms with Crippen LogP contribution >= 0.6 is 11.6 Å². The van der Waals surface area contributed by atoms with E-state index in [1.165, 1.54) is 29.8 Å². The number of hydrogen-bond donors (Lipinski definition) is 1. The summed E-state index contributed by atoms with van der Waals surface area (Å²) >= 11 is 6.16. The molecular formula is C20H15ClF3N3O2. The molecule has 5 nitrogen and oxygen atoms in total. The van der Waals surface area contributed by atoms with Crippen LogP contribution in [0, 0.1) is 13.8 Å². The van der Waals surface area contributed by atoms with Gasteiger partial charge in [-0.05, 0) is 43.7 Å². The molecule has 0 saturated carbocycles. The first kappa shape index (κ1) is 20.6. The molecule has 0 unspecified atom stereocenters. The summed E-state index contributed by atoms with van der Waals surface area (Å²) in [6.45, 7) is 2.94. The maximum Gasteiger partial charge on any atom is 0.416 e. The van der Waals surface area contributed by atoms with E-state index in [0.29, 0.717) is 16.4 Å². The van der Waals surface area contributed by atoms with Crippen LogP contribution in [0.1, 0.15) is 27.3 Å². The minimum Gasteiger partial charge on any atom is -0.320 e. The second-order valence-electron chi connectivity index (χ2n) is 6.34. The van der Waals surface area contributed by atoms with Gasteiger partial charge >= 0.3 is 6.18 Å². The van der Waals surface area contributed by atoms with Crippen LogP contribution in [0.5, 0.6) is 0 Å². The highest BCUT2D eigenvalue weighted by Crippen LogP contribution is 2.33. The number of alkyl halides is 3. The minimum atomic E-state index is -4.57. The number of hydrogen-bond acceptors (Lipinski definition) is 3. The zero-order valence-electron chi connectivity index (χ0n) is 15.3. The van der Waals surface area contributed by atoms with Gasteiger partial charge in [0.1, 0.15) is 0 Å². The second kappa shape index (κ2) is 7.71. The first-order valence-corrected chi connectivity index (χ1v) is 8.81. The Balaban J connectivity index is 2.00. The molecule has 0 aliphatic heterocycles. The van der Waals surface area contributed by atoms with E-state index in [9.17, 15) is 22.8 Å². The number of carbonyl (C=O) groups is 1. The lowest BCUT2D eigenvalue weighted by Crippen LogP contribution is -2.27. The highest BCUT2D eigenvalue weighted by Gasteiger charge is 2.32. The number of aryl methyl sites for hydroxylation is 2. The number of halogens is 4. The summed E-state index contributed by atoms with van der Waals surface area (Å²) in [5.41, 5.74) is -1.19. The Morgan fingerprint density at radius 1 is 1.10 bits per heavy atom. The Kier molecular flexibility index (Phi) is 5.48. The number of rotatable bonds is 3. The number of nitrogens with one attached hydrogen (secondary N) is 1. The standard InChI is InChI=1S/C20H15ClF3N3O2/c1-11-7-8-13(10-14(11)20(22,23)24)25-19(29)18-17(28)9-12(2)27(26-18)16-6-4-3-5-15(16)21/h3-10H,1-2H3,(H,25,29). The summed E-state index contributed by atoms with van der Waals surface area (Å²) in [5.74, 6) is -0.923. The van der Waals surface area contributed by atoms with Gasteiger partial charge in [-0.2, -0.15) is 18.3 Å². The molecule has 0 aliphatic rings. The minimum absolute atomic E-state index is 0.0186. The van der Waals surface area contributed by atoms with Crippen LogP contribution in [0.15, 0.2) is 53.3 Å². The van der Waals surface area contributed by atoms with Gasteiger partial charge in [-0.1, -0.05) is 29.8 Å². The van der Waals surface area contributed by atoms with E-state index < -0.39 is 28.8 Å². The molecular weight excluding hydrogens is 407 g/mol. The van der Waals surface area contributed by atoms with Crippen molar-refractivity contribution in [1.82, 2.24) is 9.78 Å². The van der Waals surface area contributed by atoms with E-state index in [-0.39, 0.29) is 11.3 Å². The quantitative estimate of drug-likeness (QED) is 0.662. The van der Waals surface area contributed by atoms with E-state index in [0.717, 1.165) is 6.07 Å². The van der Waals surface area contributed by atoms with Crippen LogP contribution in [0.2, 0.25) is 5.02 Å². The van der Waals surface area contributed by atoms with Crippen molar-refractivity contribution in [2.24, 2.45) is 0 Å². The second-order valence-corrected chi connectivity index (χ2v) is 6.75. The van der Waals surface area contributed by atoms with Gasteiger partial charge < -0.3 is 5.32 Å². The number of benzene rings is 2. The van der Waals surface area contributed by atoms with Crippen LogP contribution in [-0.4, -0.2) is 15.7 Å². The maximum atomic E-state index is 13.1. The van der Waals surface area contributed by atoms with Gasteiger partial charge in [-0.3, -0.25) is 9.59 Å². The number of nitrogens with zero attached hydrogens (tertiary/aromatic N) is 2. The lowest BCUT2D eigenvalue weighted by molar-refractivity contribution is -0.138. The zero-order chi connectivity index (χ0) is 21.3. The highest BCUT2D eigenvalue weighted by atomic mass is 35.5. The van der Waals surface area contributed by atoms with E-state index in [4.69, 9.17) is 11.6 Å². The van der Waals surface area contributed by atoms with Crippen molar-refractivity contribution in [3.63, 3.8) is 0 Å². The molecule has 0 radical (unpaired) electrons. The molecule has 1 aromatic heterocycles. The lowest BCUT2D eigenvalue weighted by Gasteiger charge is -2.14. The van der Waals surface area contributed by atoms with Crippen LogP contribution in [0.3, 0.4) is 0 Å². The van der Waals surface area contributed by atoms with E-state index in [1.807, 2.05) is 0 Å². The average Bonchev–Trinajstić information content (AvgIpc) is 2.63. The molecule has 0 atom stereocenters. The fourth-order valence-electron chi connectivity index (χ4n) is 2.77. The third-order valence-corrected chi connectivity index (χ3v) is 4.52. The van der Waals surface area contributed by atoms with Crippen molar-refractivity contribution >= 4 is 23.2 Å². The molecule has 29 heavy (non-hydrogen) atoms. The molecule has 1 heterocycles. The Morgan fingerprint density at radius 2 is 1.79 bits per heavy atom. The summed E-state index contributed by atoms with van der Waals surface area (Å²) in [5, 5.41) is 6.73. The molecule has 3 aromatic rings. The number of amides is 1. The summed E-state index contributed by atoms with van der Waals surface area (Å²) in [4.78, 5) is 24.8. The molecule has 2 aromatic carbocycles. The summed E-state index contributed by atoms with van der Waals surface area (Å²) in [6, 6.07) is 11.3. The fraction of sp³-hybridized carbons (Fsp3) is 0.150. The Hall–Kier alpha value is -3.13. The topological polar surface area (TPSA) is 64.0 Å². The normalized spacial score (nSPS) is 11.4. The van der Waals surface area contributed by atoms with Crippen LogP contribution in [0.4, 0.5) is 18.9 Å². The monoisotopic (exact) mass is 421 g/mol. The van der Waals surface area contributed by atoms with Crippen molar-refractivity contribution in [3.05, 3.63) is 86.3 Å². The molecule has 9 heteroatoms. The predicted molar refractivity (Wildman–Crippen MR) is 104 cm³/mol. The maximum absolute atomic E-state index is 13.1. The highest BCUT2D eigenvalue weighted by molar-refractivity contribution is 6.32. The van der Waals surface area contributed by atoms with E-state index in [1.54, 1.807) is 31.2 Å².